The Morgan fingerprint density at radius 3 is 2.35 bits per heavy atom. The molecule has 0 spiro atoms. The van der Waals surface area contributed by atoms with Crippen molar-refractivity contribution in [2.75, 3.05) is 26.3 Å². The number of nitrogens with zero attached hydrogens (tertiary/aromatic N) is 1. The molecular formula is C13H27NO3. The smallest absolute Gasteiger partial charge is 0.303 e. The van der Waals surface area contributed by atoms with Crippen molar-refractivity contribution in [1.29, 1.82) is 0 Å². The summed E-state index contributed by atoms with van der Waals surface area (Å²) in [5.74, 6) is -0.153. The first-order valence-electron chi connectivity index (χ1n) is 6.47. The number of carboxylic acid groups (broad SMARTS) is 1. The number of carboxylic acids is 1. The van der Waals surface area contributed by atoms with Gasteiger partial charge in [-0.3, -0.25) is 9.69 Å². The van der Waals surface area contributed by atoms with Crippen molar-refractivity contribution in [1.82, 2.24) is 4.90 Å². The average molecular weight is 245 g/mol. The van der Waals surface area contributed by atoms with E-state index in [1.165, 1.54) is 0 Å². The Labute approximate surface area is 105 Å². The van der Waals surface area contributed by atoms with E-state index in [-0.39, 0.29) is 6.42 Å². The van der Waals surface area contributed by atoms with Crippen molar-refractivity contribution in [2.45, 2.75) is 46.6 Å². The average Bonchev–Trinajstić information content (AvgIpc) is 2.20. The maximum atomic E-state index is 10.4. The van der Waals surface area contributed by atoms with Gasteiger partial charge < -0.3 is 9.84 Å². The van der Waals surface area contributed by atoms with Gasteiger partial charge in [-0.05, 0) is 32.7 Å². The molecule has 0 aromatic carbocycles. The number of hydrogen-bond acceptors (Lipinski definition) is 3. The fraction of sp³-hybridized carbons (Fsp3) is 0.923. The van der Waals surface area contributed by atoms with Crippen LogP contribution >= 0.6 is 0 Å². The SMILES string of the molecule is CC(C)COCCN(CCCC(=O)O)C(C)C. The summed E-state index contributed by atoms with van der Waals surface area (Å²) < 4.78 is 5.55. The number of ether oxygens (including phenoxy) is 1. The van der Waals surface area contributed by atoms with Crippen molar-refractivity contribution < 1.29 is 14.6 Å². The monoisotopic (exact) mass is 245 g/mol. The van der Waals surface area contributed by atoms with Crippen LogP contribution in [0, 0.1) is 5.92 Å². The zero-order chi connectivity index (χ0) is 13.3. The van der Waals surface area contributed by atoms with Crippen molar-refractivity contribution in [2.24, 2.45) is 5.92 Å². The van der Waals surface area contributed by atoms with Crippen LogP contribution in [-0.2, 0) is 9.53 Å². The molecule has 0 heterocycles. The summed E-state index contributed by atoms with van der Waals surface area (Å²) in [4.78, 5) is 12.7. The van der Waals surface area contributed by atoms with Crippen LogP contribution in [-0.4, -0.2) is 48.3 Å². The van der Waals surface area contributed by atoms with Crippen LogP contribution in [0.3, 0.4) is 0 Å². The highest BCUT2D eigenvalue weighted by Crippen LogP contribution is 2.02. The number of carbonyl (C=O) groups is 1. The Morgan fingerprint density at radius 2 is 1.88 bits per heavy atom. The quantitative estimate of drug-likeness (QED) is 0.600. The van der Waals surface area contributed by atoms with E-state index in [0.29, 0.717) is 18.4 Å². The molecule has 17 heavy (non-hydrogen) atoms. The van der Waals surface area contributed by atoms with Crippen LogP contribution in [0.25, 0.3) is 0 Å². The molecule has 0 aromatic heterocycles. The van der Waals surface area contributed by atoms with Gasteiger partial charge in [-0.1, -0.05) is 13.8 Å². The molecule has 0 saturated heterocycles. The molecule has 1 N–H and O–H groups in total. The van der Waals surface area contributed by atoms with Gasteiger partial charge in [-0.25, -0.2) is 0 Å². The standard InChI is InChI=1S/C13H27NO3/c1-11(2)10-17-9-8-14(12(3)4)7-5-6-13(15)16/h11-12H,5-10H2,1-4H3,(H,15,16). The number of hydrogen-bond donors (Lipinski definition) is 1. The Morgan fingerprint density at radius 1 is 1.24 bits per heavy atom. The predicted octanol–water partition coefficient (Wildman–Crippen LogP) is 2.23. The largest absolute Gasteiger partial charge is 0.481 e. The second kappa shape index (κ2) is 9.42. The molecule has 0 unspecified atom stereocenters. The van der Waals surface area contributed by atoms with E-state index in [2.05, 4.69) is 32.6 Å². The summed E-state index contributed by atoms with van der Waals surface area (Å²) in [5.41, 5.74) is 0. The first kappa shape index (κ1) is 16.4. The van der Waals surface area contributed by atoms with E-state index in [0.717, 1.165) is 26.3 Å². The van der Waals surface area contributed by atoms with Crippen LogP contribution < -0.4 is 0 Å². The lowest BCUT2D eigenvalue weighted by molar-refractivity contribution is -0.137. The summed E-state index contributed by atoms with van der Waals surface area (Å²) in [5, 5.41) is 8.60. The van der Waals surface area contributed by atoms with Gasteiger partial charge in [0.25, 0.3) is 0 Å². The highest BCUT2D eigenvalue weighted by atomic mass is 16.5. The number of rotatable bonds is 10. The molecular weight excluding hydrogens is 218 g/mol. The van der Waals surface area contributed by atoms with Crippen LogP contribution in [0.5, 0.6) is 0 Å². The van der Waals surface area contributed by atoms with Gasteiger partial charge in [0.2, 0.25) is 0 Å². The van der Waals surface area contributed by atoms with Crippen molar-refractivity contribution >= 4 is 5.97 Å². The van der Waals surface area contributed by atoms with Gasteiger partial charge in [0.1, 0.15) is 0 Å². The van der Waals surface area contributed by atoms with Gasteiger partial charge in [-0.2, -0.15) is 0 Å². The molecule has 0 aliphatic heterocycles. The molecule has 0 bridgehead atoms. The first-order valence-corrected chi connectivity index (χ1v) is 6.47. The third-order valence-electron chi connectivity index (χ3n) is 2.54. The highest BCUT2D eigenvalue weighted by Gasteiger charge is 2.09. The van der Waals surface area contributed by atoms with Crippen molar-refractivity contribution in [3.8, 4) is 0 Å². The van der Waals surface area contributed by atoms with Gasteiger partial charge in [-0.15, -0.1) is 0 Å². The molecule has 102 valence electrons. The molecule has 0 fully saturated rings. The topological polar surface area (TPSA) is 49.8 Å². The first-order chi connectivity index (χ1) is 7.93. The zero-order valence-corrected chi connectivity index (χ0v) is 11.6. The zero-order valence-electron chi connectivity index (χ0n) is 11.6. The molecule has 0 amide bonds. The molecule has 4 heteroatoms. The Kier molecular flexibility index (Phi) is 9.09. The second-order valence-electron chi connectivity index (χ2n) is 5.10. The van der Waals surface area contributed by atoms with Gasteiger partial charge in [0.15, 0.2) is 0 Å². The molecule has 0 rings (SSSR count). The number of aliphatic carboxylic acids is 1. The van der Waals surface area contributed by atoms with Crippen LogP contribution in [0.2, 0.25) is 0 Å². The third-order valence-corrected chi connectivity index (χ3v) is 2.54. The summed E-state index contributed by atoms with van der Waals surface area (Å²) >= 11 is 0. The molecule has 0 aromatic rings. The fourth-order valence-electron chi connectivity index (χ4n) is 1.56. The van der Waals surface area contributed by atoms with E-state index in [4.69, 9.17) is 9.84 Å². The molecule has 4 nitrogen and oxygen atoms in total. The van der Waals surface area contributed by atoms with Crippen LogP contribution in [0.4, 0.5) is 0 Å². The minimum Gasteiger partial charge on any atom is -0.481 e. The third kappa shape index (κ3) is 10.3. The Balaban J connectivity index is 3.71. The van der Waals surface area contributed by atoms with Crippen LogP contribution in [0.15, 0.2) is 0 Å². The maximum absolute atomic E-state index is 10.4. The van der Waals surface area contributed by atoms with Gasteiger partial charge in [0.05, 0.1) is 6.61 Å². The fourth-order valence-corrected chi connectivity index (χ4v) is 1.56. The molecule has 0 saturated carbocycles. The van der Waals surface area contributed by atoms with E-state index >= 15 is 0 Å². The molecule has 0 atom stereocenters. The van der Waals surface area contributed by atoms with E-state index in [1.54, 1.807) is 0 Å². The van der Waals surface area contributed by atoms with Crippen molar-refractivity contribution in [3.05, 3.63) is 0 Å². The van der Waals surface area contributed by atoms with E-state index in [9.17, 15) is 4.79 Å². The van der Waals surface area contributed by atoms with Crippen molar-refractivity contribution in [3.63, 3.8) is 0 Å². The van der Waals surface area contributed by atoms with Crippen LogP contribution in [0.1, 0.15) is 40.5 Å². The Bertz CT molecular complexity index is 205. The van der Waals surface area contributed by atoms with E-state index < -0.39 is 5.97 Å². The Hall–Kier alpha value is -0.610. The minimum absolute atomic E-state index is 0.246. The predicted molar refractivity (Wildman–Crippen MR) is 69.2 cm³/mol. The normalized spacial score (nSPS) is 11.7. The van der Waals surface area contributed by atoms with Gasteiger partial charge in [0, 0.05) is 25.6 Å². The maximum Gasteiger partial charge on any atom is 0.303 e. The summed E-state index contributed by atoms with van der Waals surface area (Å²) in [7, 11) is 0. The van der Waals surface area contributed by atoms with Gasteiger partial charge >= 0.3 is 5.97 Å². The summed E-state index contributed by atoms with van der Waals surface area (Å²) in [6.07, 6.45) is 0.952. The molecule has 0 aliphatic rings. The lowest BCUT2D eigenvalue weighted by Crippen LogP contribution is -2.35. The lowest BCUT2D eigenvalue weighted by atomic mass is 10.2. The molecule has 0 radical (unpaired) electrons. The summed E-state index contributed by atoms with van der Waals surface area (Å²) in [6.45, 7) is 11.7. The summed E-state index contributed by atoms with van der Waals surface area (Å²) in [6, 6.07) is 0.437. The lowest BCUT2D eigenvalue weighted by Gasteiger charge is -2.26. The second-order valence-corrected chi connectivity index (χ2v) is 5.10. The highest BCUT2D eigenvalue weighted by molar-refractivity contribution is 5.66. The van der Waals surface area contributed by atoms with E-state index in [1.807, 2.05) is 0 Å². The minimum atomic E-state index is -0.718. The molecule has 0 aliphatic carbocycles.